The minimum atomic E-state index is -1.20. The Hall–Kier alpha value is -2.32. The van der Waals surface area contributed by atoms with Crippen LogP contribution in [0.15, 0.2) is 0 Å². The number of unbranched alkanes of at least 4 members (excludes halogenated alkanes) is 17. The highest BCUT2D eigenvalue weighted by Crippen LogP contribution is 2.26. The van der Waals surface area contributed by atoms with Gasteiger partial charge in [-0.2, -0.15) is 0 Å². The van der Waals surface area contributed by atoms with Gasteiger partial charge < -0.3 is 26.0 Å². The maximum absolute atomic E-state index is 12.5. The van der Waals surface area contributed by atoms with Crippen molar-refractivity contribution in [2.75, 3.05) is 6.54 Å². The zero-order valence-corrected chi connectivity index (χ0v) is 25.2. The Morgan fingerprint density at radius 1 is 0.500 bits per heavy atom. The molecule has 5 N–H and O–H groups in total. The average Bonchev–Trinajstić information content (AvgIpc) is 2.90. The minimum absolute atomic E-state index is 0.0322. The number of carboxylic acids is 3. The Bertz CT molecular complexity index is 639. The molecule has 234 valence electrons. The molecule has 0 aliphatic heterocycles. The average molecular weight is 571 g/mol. The first kappa shape index (κ1) is 37.7. The second-order valence-corrected chi connectivity index (χ2v) is 11.4. The third kappa shape index (κ3) is 24.7. The highest BCUT2D eigenvalue weighted by atomic mass is 16.4. The summed E-state index contributed by atoms with van der Waals surface area (Å²) in [6.45, 7) is 2.72. The molecule has 0 rings (SSSR count). The predicted octanol–water partition coefficient (Wildman–Crippen LogP) is 7.66. The van der Waals surface area contributed by atoms with Gasteiger partial charge >= 0.3 is 23.9 Å². The van der Waals surface area contributed by atoms with E-state index in [0.717, 1.165) is 19.3 Å². The molecule has 0 spiro atoms. The summed E-state index contributed by atoms with van der Waals surface area (Å²) < 4.78 is 0. The third-order valence-corrected chi connectivity index (χ3v) is 7.65. The minimum Gasteiger partial charge on any atom is -0.481 e. The van der Waals surface area contributed by atoms with Gasteiger partial charge in [-0.3, -0.25) is 14.4 Å². The fourth-order valence-electron chi connectivity index (χ4n) is 5.11. The van der Waals surface area contributed by atoms with Gasteiger partial charge in [-0.25, -0.2) is 4.79 Å². The molecule has 2 amide bonds. The van der Waals surface area contributed by atoms with Crippen LogP contribution in [0.5, 0.6) is 0 Å². The largest absolute Gasteiger partial charge is 0.481 e. The van der Waals surface area contributed by atoms with Crippen molar-refractivity contribution in [2.24, 2.45) is 0 Å². The molecule has 0 radical (unpaired) electrons. The van der Waals surface area contributed by atoms with E-state index in [2.05, 4.69) is 17.6 Å². The molecule has 0 aliphatic carbocycles. The maximum Gasteiger partial charge on any atom is 0.315 e. The Morgan fingerprint density at radius 3 is 1.10 bits per heavy atom. The Balaban J connectivity index is 3.97. The van der Waals surface area contributed by atoms with Gasteiger partial charge in [0.1, 0.15) is 0 Å². The monoisotopic (exact) mass is 570 g/mol. The number of rotatable bonds is 29. The highest BCUT2D eigenvalue weighted by molar-refractivity contribution is 5.75. The molecule has 0 fully saturated rings. The molecule has 0 unspecified atom stereocenters. The number of carbonyl (C=O) groups excluding carboxylic acids is 1. The van der Waals surface area contributed by atoms with Crippen molar-refractivity contribution in [3.05, 3.63) is 0 Å². The molecule has 0 aromatic rings. The number of carbonyl (C=O) groups is 4. The second-order valence-electron chi connectivity index (χ2n) is 11.4. The lowest BCUT2D eigenvalue weighted by Gasteiger charge is -2.34. The van der Waals surface area contributed by atoms with E-state index in [0.29, 0.717) is 6.54 Å². The molecular weight excluding hydrogens is 512 g/mol. The summed E-state index contributed by atoms with van der Waals surface area (Å²) in [6, 6.07) is -0.520. The number of carboxylic acid groups (broad SMARTS) is 3. The lowest BCUT2D eigenvalue weighted by molar-refractivity contribution is -0.137. The van der Waals surface area contributed by atoms with Gasteiger partial charge in [0, 0.05) is 31.3 Å². The van der Waals surface area contributed by atoms with Crippen molar-refractivity contribution in [1.29, 1.82) is 0 Å². The molecule has 0 aromatic heterocycles. The Labute approximate surface area is 242 Å². The second kappa shape index (κ2) is 25.6. The summed E-state index contributed by atoms with van der Waals surface area (Å²) in [5, 5.41) is 32.7. The van der Waals surface area contributed by atoms with E-state index >= 15 is 0 Å². The lowest BCUT2D eigenvalue weighted by Crippen LogP contribution is -2.53. The van der Waals surface area contributed by atoms with Crippen LogP contribution >= 0.6 is 0 Å². The SMILES string of the molecule is CCCCCCCCCCCCCCCCCCCCNC(=O)NC(CCC(=O)O)(CCC(=O)O)CCC(=O)O. The number of hydrogen-bond donors (Lipinski definition) is 5. The molecule has 0 saturated heterocycles. The van der Waals surface area contributed by atoms with Crippen LogP contribution in [-0.4, -0.2) is 51.3 Å². The first-order valence-corrected chi connectivity index (χ1v) is 15.9. The van der Waals surface area contributed by atoms with Crippen molar-refractivity contribution in [3.63, 3.8) is 0 Å². The van der Waals surface area contributed by atoms with Crippen LogP contribution in [0.1, 0.15) is 161 Å². The summed E-state index contributed by atoms with van der Waals surface area (Å²) in [7, 11) is 0. The van der Waals surface area contributed by atoms with Gasteiger partial charge in [0.15, 0.2) is 0 Å². The van der Waals surface area contributed by atoms with E-state index in [1.807, 2.05) is 0 Å². The number of urea groups is 1. The molecular formula is C31H58N2O7. The lowest BCUT2D eigenvalue weighted by atomic mass is 9.83. The zero-order valence-electron chi connectivity index (χ0n) is 25.2. The summed E-state index contributed by atoms with van der Waals surface area (Å²) in [5.74, 6) is -3.26. The predicted molar refractivity (Wildman–Crippen MR) is 159 cm³/mol. The number of hydrogen-bond acceptors (Lipinski definition) is 4. The van der Waals surface area contributed by atoms with Crippen molar-refractivity contribution >= 4 is 23.9 Å². The molecule has 0 heterocycles. The quantitative estimate of drug-likeness (QED) is 0.0578. The summed E-state index contributed by atoms with van der Waals surface area (Å²) in [4.78, 5) is 45.8. The van der Waals surface area contributed by atoms with Crippen LogP contribution < -0.4 is 10.6 Å². The van der Waals surface area contributed by atoms with Crippen LogP contribution in [0.3, 0.4) is 0 Å². The fraction of sp³-hybridized carbons (Fsp3) is 0.871. The highest BCUT2D eigenvalue weighted by Gasteiger charge is 2.33. The number of nitrogens with one attached hydrogen (secondary N) is 2. The zero-order chi connectivity index (χ0) is 29.9. The molecule has 0 aliphatic rings. The molecule has 0 aromatic carbocycles. The topological polar surface area (TPSA) is 153 Å². The first-order valence-electron chi connectivity index (χ1n) is 15.9. The van der Waals surface area contributed by atoms with E-state index in [9.17, 15) is 19.2 Å². The van der Waals surface area contributed by atoms with Gasteiger partial charge in [0.25, 0.3) is 0 Å². The molecule has 9 heteroatoms. The normalized spacial score (nSPS) is 11.3. The molecule has 9 nitrogen and oxygen atoms in total. The van der Waals surface area contributed by atoms with Crippen molar-refractivity contribution in [3.8, 4) is 0 Å². The van der Waals surface area contributed by atoms with Crippen LogP contribution in [0, 0.1) is 0 Å². The Morgan fingerprint density at radius 2 is 0.800 bits per heavy atom. The Kier molecular flexibility index (Phi) is 24.1. The first-order chi connectivity index (χ1) is 19.2. The van der Waals surface area contributed by atoms with E-state index in [4.69, 9.17) is 15.3 Å². The van der Waals surface area contributed by atoms with Crippen LogP contribution in [-0.2, 0) is 14.4 Å². The van der Waals surface area contributed by atoms with Crippen LogP contribution in [0.2, 0.25) is 0 Å². The number of aliphatic carboxylic acids is 3. The molecule has 0 bridgehead atoms. The van der Waals surface area contributed by atoms with Crippen LogP contribution in [0.4, 0.5) is 4.79 Å². The smallest absolute Gasteiger partial charge is 0.315 e. The molecule has 0 saturated carbocycles. The van der Waals surface area contributed by atoms with Gasteiger partial charge in [0.05, 0.1) is 0 Å². The van der Waals surface area contributed by atoms with E-state index in [1.165, 1.54) is 96.3 Å². The third-order valence-electron chi connectivity index (χ3n) is 7.65. The van der Waals surface area contributed by atoms with Crippen molar-refractivity contribution in [2.45, 2.75) is 167 Å². The van der Waals surface area contributed by atoms with Crippen LogP contribution in [0.25, 0.3) is 0 Å². The van der Waals surface area contributed by atoms with Gasteiger partial charge in [-0.05, 0) is 25.7 Å². The number of amides is 2. The van der Waals surface area contributed by atoms with E-state index < -0.39 is 29.5 Å². The van der Waals surface area contributed by atoms with Gasteiger partial charge in [-0.15, -0.1) is 0 Å². The van der Waals surface area contributed by atoms with Crippen molar-refractivity contribution in [1.82, 2.24) is 10.6 Å². The molecule has 0 atom stereocenters. The summed E-state index contributed by atoms with van der Waals surface area (Å²) in [6.07, 6.45) is 22.1. The summed E-state index contributed by atoms with van der Waals surface area (Å²) in [5.41, 5.74) is -1.20. The summed E-state index contributed by atoms with van der Waals surface area (Å²) >= 11 is 0. The maximum atomic E-state index is 12.5. The standard InChI is InChI=1S/C31H58N2O7/c1-2-3-4-5-6-7-8-9-10-11-12-13-14-15-16-17-18-19-26-32-30(40)33-31(23-20-27(34)35,24-21-28(36)37)25-22-29(38)39/h2-26H2,1H3,(H,34,35)(H,36,37)(H,38,39)(H2,32,33,40). The van der Waals surface area contributed by atoms with E-state index in [1.54, 1.807) is 0 Å². The van der Waals surface area contributed by atoms with Gasteiger partial charge in [-0.1, -0.05) is 116 Å². The van der Waals surface area contributed by atoms with Gasteiger partial charge in [0.2, 0.25) is 0 Å². The fourth-order valence-corrected chi connectivity index (χ4v) is 5.11. The molecule has 40 heavy (non-hydrogen) atoms. The van der Waals surface area contributed by atoms with E-state index in [-0.39, 0.29) is 38.5 Å². The van der Waals surface area contributed by atoms with Crippen molar-refractivity contribution < 1.29 is 34.5 Å².